The fraction of sp³-hybridized carbons (Fsp3) is 0.143. The molecule has 0 aliphatic rings. The van der Waals surface area contributed by atoms with Crippen LogP contribution in [0.3, 0.4) is 0 Å². The number of carbonyl (C=O) groups is 1. The Balaban J connectivity index is 1.82. The van der Waals surface area contributed by atoms with E-state index >= 15 is 0 Å². The molecule has 3 heterocycles. The van der Waals surface area contributed by atoms with Crippen molar-refractivity contribution in [3.8, 4) is 5.95 Å². The normalized spacial score (nSPS) is 12.0. The average molecular weight is 364 g/mol. The zero-order chi connectivity index (χ0) is 17.1. The molecule has 0 unspecified atom stereocenters. The van der Waals surface area contributed by atoms with E-state index < -0.39 is 11.9 Å². The summed E-state index contributed by atoms with van der Waals surface area (Å²) in [6.45, 7) is 1.76. The van der Waals surface area contributed by atoms with Crippen molar-refractivity contribution in [2.24, 2.45) is 0 Å². The summed E-state index contributed by atoms with van der Waals surface area (Å²) in [5, 5.41) is 7.32. The molecule has 1 atom stereocenters. The van der Waals surface area contributed by atoms with Crippen molar-refractivity contribution in [3.63, 3.8) is 0 Å². The predicted molar refractivity (Wildman–Crippen MR) is 87.1 cm³/mol. The summed E-state index contributed by atoms with van der Waals surface area (Å²) in [6.07, 6.45) is 4.55. The maximum absolute atomic E-state index is 12.3. The molecule has 8 nitrogen and oxygen atoms in total. The summed E-state index contributed by atoms with van der Waals surface area (Å²) in [5.74, 6) is 0.396. The van der Waals surface area contributed by atoms with Crippen LogP contribution in [0.4, 0.5) is 0 Å². The van der Waals surface area contributed by atoms with Gasteiger partial charge in [0.25, 0.3) is 11.9 Å². The second-order valence-corrected chi connectivity index (χ2v) is 5.59. The molecule has 24 heavy (non-hydrogen) atoms. The summed E-state index contributed by atoms with van der Waals surface area (Å²) in [4.78, 5) is 28.7. The Hall–Kier alpha value is -2.58. The molecule has 0 radical (unpaired) electrons. The van der Waals surface area contributed by atoms with Crippen molar-refractivity contribution in [2.45, 2.75) is 13.0 Å². The van der Waals surface area contributed by atoms with Crippen molar-refractivity contribution in [3.05, 3.63) is 58.6 Å². The number of nitrogens with zero attached hydrogens (tertiary/aromatic N) is 6. The van der Waals surface area contributed by atoms with Crippen LogP contribution in [0.5, 0.6) is 0 Å². The highest BCUT2D eigenvalue weighted by Crippen LogP contribution is 2.17. The quantitative estimate of drug-likeness (QED) is 0.713. The highest BCUT2D eigenvalue weighted by molar-refractivity contribution is 6.34. The predicted octanol–water partition coefficient (Wildman–Crippen LogP) is 2.25. The molecule has 0 aliphatic heterocycles. The third kappa shape index (κ3) is 3.50. The van der Waals surface area contributed by atoms with Gasteiger partial charge >= 0.3 is 0 Å². The molecule has 10 heteroatoms. The third-order valence-corrected chi connectivity index (χ3v) is 3.45. The molecule has 3 rings (SSSR count). The molecule has 0 spiro atoms. The van der Waals surface area contributed by atoms with Crippen LogP contribution in [0.2, 0.25) is 10.2 Å². The number of halogens is 2. The topological polar surface area (TPSA) is 98.5 Å². The van der Waals surface area contributed by atoms with Crippen molar-refractivity contribution in [1.29, 1.82) is 0 Å². The molecule has 1 N–H and O–H groups in total. The standard InChI is InChI=1S/C14H11Cl2N7O/c1-8(21-13(24)10-5-9(15)6-11(16)22-10)12-19-7-20-23(12)14-17-3-2-4-18-14/h2-8H,1H3,(H,21,24)/t8-/m0/s1. The summed E-state index contributed by atoms with van der Waals surface area (Å²) >= 11 is 11.7. The van der Waals surface area contributed by atoms with E-state index in [0.29, 0.717) is 16.8 Å². The number of pyridine rings is 1. The van der Waals surface area contributed by atoms with E-state index in [2.05, 4.69) is 30.4 Å². The van der Waals surface area contributed by atoms with E-state index in [-0.39, 0.29) is 10.8 Å². The molecule has 0 aromatic carbocycles. The molecular formula is C14H11Cl2N7O. The van der Waals surface area contributed by atoms with Gasteiger partial charge in [-0.15, -0.1) is 0 Å². The summed E-state index contributed by atoms with van der Waals surface area (Å²) in [6, 6.07) is 4.11. The van der Waals surface area contributed by atoms with Gasteiger partial charge in [0.05, 0.1) is 6.04 Å². The Morgan fingerprint density at radius 3 is 2.67 bits per heavy atom. The zero-order valence-corrected chi connectivity index (χ0v) is 13.9. The summed E-state index contributed by atoms with van der Waals surface area (Å²) in [7, 11) is 0. The number of rotatable bonds is 4. The number of hydrogen-bond acceptors (Lipinski definition) is 6. The molecule has 0 aliphatic carbocycles. The van der Waals surface area contributed by atoms with Gasteiger partial charge < -0.3 is 5.32 Å². The molecule has 3 aromatic rings. The lowest BCUT2D eigenvalue weighted by atomic mass is 10.2. The monoisotopic (exact) mass is 363 g/mol. The van der Waals surface area contributed by atoms with Gasteiger partial charge in [0.1, 0.15) is 17.2 Å². The van der Waals surface area contributed by atoms with Crippen molar-refractivity contribution >= 4 is 29.1 Å². The van der Waals surface area contributed by atoms with Gasteiger partial charge in [-0.3, -0.25) is 4.79 Å². The fourth-order valence-corrected chi connectivity index (χ4v) is 2.49. The first-order valence-electron chi connectivity index (χ1n) is 6.86. The van der Waals surface area contributed by atoms with Crippen molar-refractivity contribution in [1.82, 2.24) is 35.0 Å². The first-order valence-corrected chi connectivity index (χ1v) is 7.61. The van der Waals surface area contributed by atoms with E-state index in [0.717, 1.165) is 0 Å². The molecule has 3 aromatic heterocycles. The molecule has 0 bridgehead atoms. The maximum atomic E-state index is 12.3. The largest absolute Gasteiger partial charge is 0.341 e. The van der Waals surface area contributed by atoms with Gasteiger partial charge in [-0.05, 0) is 25.1 Å². The lowest BCUT2D eigenvalue weighted by Crippen LogP contribution is -2.29. The molecule has 0 fully saturated rings. The third-order valence-electron chi connectivity index (χ3n) is 3.04. The zero-order valence-electron chi connectivity index (χ0n) is 12.4. The Morgan fingerprint density at radius 2 is 1.96 bits per heavy atom. The van der Waals surface area contributed by atoms with Crippen LogP contribution in [0.15, 0.2) is 36.9 Å². The van der Waals surface area contributed by atoms with Crippen molar-refractivity contribution < 1.29 is 4.79 Å². The summed E-state index contributed by atoms with van der Waals surface area (Å²) < 4.78 is 1.45. The lowest BCUT2D eigenvalue weighted by Gasteiger charge is -2.13. The van der Waals surface area contributed by atoms with Crippen LogP contribution in [0.25, 0.3) is 5.95 Å². The SMILES string of the molecule is C[C@H](NC(=O)c1cc(Cl)cc(Cl)n1)c1ncnn1-c1ncccn1. The minimum atomic E-state index is -0.469. The second-order valence-electron chi connectivity index (χ2n) is 4.77. The number of hydrogen-bond donors (Lipinski definition) is 1. The van der Waals surface area contributed by atoms with Gasteiger partial charge in [0.15, 0.2) is 5.82 Å². The van der Waals surface area contributed by atoms with Gasteiger partial charge in [-0.2, -0.15) is 9.78 Å². The van der Waals surface area contributed by atoms with E-state index in [1.54, 1.807) is 25.4 Å². The Morgan fingerprint density at radius 1 is 1.21 bits per heavy atom. The lowest BCUT2D eigenvalue weighted by molar-refractivity contribution is 0.0933. The fourth-order valence-electron chi connectivity index (χ4n) is 2.02. The molecule has 0 saturated heterocycles. The highest BCUT2D eigenvalue weighted by Gasteiger charge is 2.19. The van der Waals surface area contributed by atoms with Crippen LogP contribution in [0.1, 0.15) is 29.3 Å². The first kappa shape index (κ1) is 16.3. The molecule has 122 valence electrons. The minimum absolute atomic E-state index is 0.112. The van der Waals surface area contributed by atoms with E-state index in [1.165, 1.54) is 23.1 Å². The molecular weight excluding hydrogens is 353 g/mol. The minimum Gasteiger partial charge on any atom is -0.341 e. The van der Waals surface area contributed by atoms with Crippen molar-refractivity contribution in [2.75, 3.05) is 0 Å². The Labute approximate surface area is 146 Å². The Bertz CT molecular complexity index is 848. The van der Waals surface area contributed by atoms with Crippen LogP contribution >= 0.6 is 23.2 Å². The number of amides is 1. The first-order chi connectivity index (χ1) is 11.5. The Kier molecular flexibility index (Phi) is 4.68. The second kappa shape index (κ2) is 6.90. The molecule has 1 amide bonds. The van der Waals surface area contributed by atoms with Gasteiger partial charge in [-0.1, -0.05) is 23.2 Å². The maximum Gasteiger partial charge on any atom is 0.270 e. The van der Waals surface area contributed by atoms with Gasteiger partial charge in [0.2, 0.25) is 0 Å². The number of aromatic nitrogens is 6. The smallest absolute Gasteiger partial charge is 0.270 e. The number of carbonyl (C=O) groups excluding carboxylic acids is 1. The van der Waals surface area contributed by atoms with Gasteiger partial charge in [-0.25, -0.2) is 19.9 Å². The number of nitrogens with one attached hydrogen (secondary N) is 1. The van der Waals surface area contributed by atoms with Gasteiger partial charge in [0, 0.05) is 17.4 Å². The van der Waals surface area contributed by atoms with E-state index in [4.69, 9.17) is 23.2 Å². The van der Waals surface area contributed by atoms with Crippen LogP contribution in [-0.4, -0.2) is 35.6 Å². The van der Waals surface area contributed by atoms with Crippen LogP contribution < -0.4 is 5.32 Å². The van der Waals surface area contributed by atoms with E-state index in [9.17, 15) is 4.79 Å². The highest BCUT2D eigenvalue weighted by atomic mass is 35.5. The van der Waals surface area contributed by atoms with Crippen LogP contribution in [-0.2, 0) is 0 Å². The molecule has 0 saturated carbocycles. The van der Waals surface area contributed by atoms with E-state index in [1.807, 2.05) is 0 Å². The summed E-state index contributed by atoms with van der Waals surface area (Å²) in [5.41, 5.74) is 0.112. The van der Waals surface area contributed by atoms with Crippen LogP contribution in [0, 0.1) is 0 Å². The average Bonchev–Trinajstić information content (AvgIpc) is 3.04.